The molecule has 4 heterocycles. The molecule has 3 fully saturated rings. The number of benzene rings is 1. The monoisotopic (exact) mass is 329 g/mol. The van der Waals surface area contributed by atoms with Gasteiger partial charge in [-0.15, -0.1) is 0 Å². The molecule has 1 aromatic heterocycles. The van der Waals surface area contributed by atoms with Gasteiger partial charge in [-0.05, 0) is 55.8 Å². The van der Waals surface area contributed by atoms with E-state index >= 15 is 0 Å². The maximum atomic E-state index is 11.4. The van der Waals surface area contributed by atoms with E-state index in [0.717, 1.165) is 23.4 Å². The molecule has 4 N–H and O–H groups in total. The fourth-order valence-electron chi connectivity index (χ4n) is 3.92. The second-order valence-corrected chi connectivity index (χ2v) is 6.58. The number of fused-ring (bicyclic) bond motifs is 5. The summed E-state index contributed by atoms with van der Waals surface area (Å²) >= 11 is 0. The van der Waals surface area contributed by atoms with E-state index in [4.69, 9.17) is 14.9 Å². The van der Waals surface area contributed by atoms with Crippen molar-refractivity contribution in [1.29, 1.82) is 0 Å². The van der Waals surface area contributed by atoms with Crippen molar-refractivity contribution in [3.05, 3.63) is 35.6 Å². The highest BCUT2D eigenvalue weighted by molar-refractivity contribution is 6.05. The predicted molar refractivity (Wildman–Crippen MR) is 91.5 cm³/mol. The highest BCUT2D eigenvalue weighted by Crippen LogP contribution is 2.36. The molecule has 0 radical (unpaired) electrons. The Morgan fingerprint density at radius 3 is 2.67 bits per heavy atom. The normalized spacial score (nSPS) is 25.6. The van der Waals surface area contributed by atoms with Crippen LogP contribution in [0.4, 0.5) is 0 Å². The van der Waals surface area contributed by atoms with Gasteiger partial charge in [0.1, 0.15) is 11.8 Å². The molecule has 128 valence electrons. The minimum absolute atomic E-state index is 0.250. The highest BCUT2D eigenvalue weighted by atomic mass is 16.3. The first-order chi connectivity index (χ1) is 11.6. The zero-order valence-electron chi connectivity index (χ0n) is 13.6. The van der Waals surface area contributed by atoms with Gasteiger partial charge in [-0.3, -0.25) is 9.59 Å². The lowest BCUT2D eigenvalue weighted by Crippen LogP contribution is -2.31. The van der Waals surface area contributed by atoms with E-state index in [1.807, 2.05) is 6.07 Å². The van der Waals surface area contributed by atoms with Crippen molar-refractivity contribution in [3.63, 3.8) is 0 Å². The molecule has 1 aromatic carbocycles. The van der Waals surface area contributed by atoms with E-state index in [9.17, 15) is 4.79 Å². The van der Waals surface area contributed by atoms with Gasteiger partial charge in [0.05, 0.1) is 5.56 Å². The van der Waals surface area contributed by atoms with Crippen LogP contribution in [0.15, 0.2) is 28.9 Å². The van der Waals surface area contributed by atoms with Crippen LogP contribution in [-0.2, 0) is 4.79 Å². The third-order valence-corrected chi connectivity index (χ3v) is 5.14. The Labute approximate surface area is 140 Å². The highest BCUT2D eigenvalue weighted by Gasteiger charge is 2.30. The number of carbonyl (C=O) groups is 2. The molecule has 2 aromatic rings. The average Bonchev–Trinajstić information content (AvgIpc) is 2.76. The van der Waals surface area contributed by atoms with Gasteiger partial charge in [0.2, 0.25) is 6.41 Å². The first-order valence-electron chi connectivity index (χ1n) is 8.31. The molecule has 6 heteroatoms. The summed E-state index contributed by atoms with van der Waals surface area (Å²) in [7, 11) is 0. The molecule has 0 unspecified atom stereocenters. The first kappa shape index (κ1) is 16.5. The van der Waals surface area contributed by atoms with Crippen molar-refractivity contribution >= 4 is 23.3 Å². The summed E-state index contributed by atoms with van der Waals surface area (Å²) < 4.78 is 5.53. The number of primary amides is 2. The topological polar surface area (TPSA) is 103 Å². The lowest BCUT2D eigenvalue weighted by atomic mass is 9.87. The Kier molecular flexibility index (Phi) is 4.85. The zero-order chi connectivity index (χ0) is 17.1. The van der Waals surface area contributed by atoms with Crippen molar-refractivity contribution in [2.45, 2.75) is 25.2 Å². The first-order valence-corrected chi connectivity index (χ1v) is 8.31. The Balaban J connectivity index is 0.000000526. The van der Waals surface area contributed by atoms with Crippen LogP contribution in [0.1, 0.15) is 41.1 Å². The maximum Gasteiger partial charge on any atom is 0.252 e. The fraction of sp³-hybridized carbons (Fsp3) is 0.444. The minimum atomic E-state index is -0.430. The van der Waals surface area contributed by atoms with Gasteiger partial charge in [0.25, 0.3) is 5.91 Å². The molecule has 0 spiro atoms. The lowest BCUT2D eigenvalue weighted by Gasteiger charge is -2.26. The number of hydrogen-bond acceptors (Lipinski definition) is 4. The summed E-state index contributed by atoms with van der Waals surface area (Å²) in [6.07, 6.45) is 5.67. The van der Waals surface area contributed by atoms with E-state index in [-0.39, 0.29) is 6.41 Å². The van der Waals surface area contributed by atoms with Crippen LogP contribution in [0.25, 0.3) is 11.0 Å². The number of rotatable bonds is 2. The third-order valence-electron chi connectivity index (χ3n) is 5.14. The number of furan rings is 1. The predicted octanol–water partition coefficient (Wildman–Crippen LogP) is 1.83. The van der Waals surface area contributed by atoms with E-state index in [0.29, 0.717) is 11.5 Å². The number of amides is 2. The molecule has 1 atom stereocenters. The third kappa shape index (κ3) is 3.28. The summed E-state index contributed by atoms with van der Waals surface area (Å²) in [6, 6.07) is 6.22. The Morgan fingerprint density at radius 1 is 1.29 bits per heavy atom. The Hall–Kier alpha value is -2.34. The van der Waals surface area contributed by atoms with E-state index < -0.39 is 5.91 Å². The molecule has 3 aliphatic rings. The average molecular weight is 329 g/mol. The molecule has 6 nitrogen and oxygen atoms in total. The number of carbonyl (C=O) groups excluding carboxylic acids is 2. The Bertz CT molecular complexity index is 718. The van der Waals surface area contributed by atoms with Gasteiger partial charge >= 0.3 is 0 Å². The van der Waals surface area contributed by atoms with Crippen LogP contribution in [0, 0.1) is 5.92 Å². The smallest absolute Gasteiger partial charge is 0.252 e. The fourth-order valence-corrected chi connectivity index (χ4v) is 3.92. The summed E-state index contributed by atoms with van der Waals surface area (Å²) in [5.41, 5.74) is 12.1. The summed E-state index contributed by atoms with van der Waals surface area (Å²) in [4.78, 5) is 22.5. The molecule has 3 saturated heterocycles. The van der Waals surface area contributed by atoms with Crippen LogP contribution in [0.3, 0.4) is 0 Å². The van der Waals surface area contributed by atoms with Gasteiger partial charge in [0.15, 0.2) is 0 Å². The molecule has 0 aliphatic carbocycles. The molecular weight excluding hydrogens is 306 g/mol. The molecule has 2 bridgehead atoms. The quantitative estimate of drug-likeness (QED) is 0.820. The number of nitrogens with zero attached hydrogens (tertiary/aromatic N) is 1. The van der Waals surface area contributed by atoms with Gasteiger partial charge in [-0.25, -0.2) is 0 Å². The van der Waals surface area contributed by atoms with Crippen LogP contribution < -0.4 is 11.5 Å². The summed E-state index contributed by atoms with van der Waals surface area (Å²) in [6.45, 7) is 3.64. The van der Waals surface area contributed by atoms with Crippen LogP contribution in [-0.4, -0.2) is 36.9 Å². The molecule has 3 aliphatic heterocycles. The zero-order valence-corrected chi connectivity index (χ0v) is 13.6. The number of nitrogens with two attached hydrogens (primary N) is 2. The second-order valence-electron chi connectivity index (χ2n) is 6.58. The van der Waals surface area contributed by atoms with Crippen molar-refractivity contribution in [1.82, 2.24) is 4.90 Å². The van der Waals surface area contributed by atoms with Crippen LogP contribution in [0.2, 0.25) is 0 Å². The van der Waals surface area contributed by atoms with Crippen molar-refractivity contribution in [2.24, 2.45) is 17.4 Å². The molecule has 2 amide bonds. The molecular formula is C18H23N3O3. The summed E-state index contributed by atoms with van der Waals surface area (Å²) in [5.74, 6) is 1.01. The van der Waals surface area contributed by atoms with Crippen molar-refractivity contribution in [2.75, 3.05) is 19.6 Å². The van der Waals surface area contributed by atoms with Crippen molar-refractivity contribution in [3.8, 4) is 0 Å². The molecule has 24 heavy (non-hydrogen) atoms. The standard InChI is InChI=1S/C17H20N2O2.CH3NO/c18-17(20)15-10-21-16-8-12(1-2-14(15)16)13-7-11-3-5-19(9-13)6-4-11;2-1-3/h1-2,8,10-11,13H,3-7,9H2,(H2,18,20);1H,(H2,2,3)/t13-;/m0./s1. The van der Waals surface area contributed by atoms with E-state index in [1.165, 1.54) is 44.2 Å². The van der Waals surface area contributed by atoms with Crippen LogP contribution in [0.5, 0.6) is 0 Å². The second kappa shape index (κ2) is 7.05. The van der Waals surface area contributed by atoms with Gasteiger partial charge in [-0.1, -0.05) is 12.1 Å². The van der Waals surface area contributed by atoms with Gasteiger partial charge in [0, 0.05) is 11.9 Å². The summed E-state index contributed by atoms with van der Waals surface area (Å²) in [5, 5.41) is 0.822. The minimum Gasteiger partial charge on any atom is -0.463 e. The SMILES string of the molecule is NC(=O)c1coc2cc([C@H]3CC4CCN(CC4)C3)ccc12.NC=O. The van der Waals surface area contributed by atoms with E-state index in [1.54, 1.807) is 0 Å². The van der Waals surface area contributed by atoms with Gasteiger partial charge in [-0.2, -0.15) is 0 Å². The lowest BCUT2D eigenvalue weighted by molar-refractivity contribution is -0.106. The molecule has 0 saturated carbocycles. The molecule has 5 rings (SSSR count). The number of piperidine rings is 1. The number of hydrogen-bond donors (Lipinski definition) is 2. The van der Waals surface area contributed by atoms with Gasteiger partial charge < -0.3 is 20.8 Å². The van der Waals surface area contributed by atoms with E-state index in [2.05, 4.69) is 22.8 Å². The van der Waals surface area contributed by atoms with Crippen LogP contribution >= 0.6 is 0 Å². The van der Waals surface area contributed by atoms with Crippen molar-refractivity contribution < 1.29 is 14.0 Å². The largest absolute Gasteiger partial charge is 0.463 e. The Morgan fingerprint density at radius 2 is 2.00 bits per heavy atom. The maximum absolute atomic E-state index is 11.4.